The van der Waals surface area contributed by atoms with Gasteiger partial charge in [0.2, 0.25) is 0 Å². The number of hydrogen-bond acceptors (Lipinski definition) is 4. The van der Waals surface area contributed by atoms with Crippen LogP contribution in [0.3, 0.4) is 0 Å². The van der Waals surface area contributed by atoms with E-state index in [1.807, 2.05) is 30.3 Å². The topological polar surface area (TPSA) is 63.7 Å². The molecule has 0 N–H and O–H groups in total. The Morgan fingerprint density at radius 3 is 2.00 bits per heavy atom. The summed E-state index contributed by atoms with van der Waals surface area (Å²) in [6.07, 6.45) is -0.146. The third-order valence-corrected chi connectivity index (χ3v) is 4.28. The van der Waals surface area contributed by atoms with Crippen molar-refractivity contribution in [3.8, 4) is 0 Å². The maximum atomic E-state index is 12.5. The number of nitrogens with zero attached hydrogens (tertiary/aromatic N) is 1. The molecule has 2 amide bonds. The van der Waals surface area contributed by atoms with E-state index in [2.05, 4.69) is 0 Å². The van der Waals surface area contributed by atoms with Gasteiger partial charge in [0.05, 0.1) is 11.1 Å². The third-order valence-electron chi connectivity index (χ3n) is 4.28. The zero-order chi connectivity index (χ0) is 16.0. The second-order valence-corrected chi connectivity index (χ2v) is 5.61. The van der Waals surface area contributed by atoms with Gasteiger partial charge in [-0.05, 0) is 17.7 Å². The van der Waals surface area contributed by atoms with Crippen LogP contribution in [0.1, 0.15) is 38.8 Å². The van der Waals surface area contributed by atoms with E-state index in [0.29, 0.717) is 11.1 Å². The summed E-state index contributed by atoms with van der Waals surface area (Å²) in [5.41, 5.74) is 1.54. The van der Waals surface area contributed by atoms with Crippen LogP contribution in [0.5, 0.6) is 0 Å². The number of ether oxygens (including phenoxy) is 1. The average molecular weight is 307 g/mol. The number of amides is 2. The van der Waals surface area contributed by atoms with E-state index >= 15 is 0 Å². The summed E-state index contributed by atoms with van der Waals surface area (Å²) in [5, 5.41) is 0. The molecule has 1 saturated heterocycles. The molecule has 0 saturated carbocycles. The van der Waals surface area contributed by atoms with Crippen molar-refractivity contribution in [2.75, 3.05) is 0 Å². The number of fused-ring (bicyclic) bond motifs is 1. The maximum Gasteiger partial charge on any atom is 0.330 e. The fraction of sp³-hybridized carbons (Fsp3) is 0.167. The zero-order valence-corrected chi connectivity index (χ0v) is 12.1. The zero-order valence-electron chi connectivity index (χ0n) is 12.1. The fourth-order valence-corrected chi connectivity index (χ4v) is 3.14. The van der Waals surface area contributed by atoms with Gasteiger partial charge >= 0.3 is 5.97 Å². The van der Waals surface area contributed by atoms with Gasteiger partial charge in [-0.3, -0.25) is 14.5 Å². The lowest BCUT2D eigenvalue weighted by Crippen LogP contribution is -2.42. The first-order valence-corrected chi connectivity index (χ1v) is 7.39. The highest BCUT2D eigenvalue weighted by Gasteiger charge is 2.48. The maximum absolute atomic E-state index is 12.5. The Bertz CT molecular complexity index is 780. The molecule has 23 heavy (non-hydrogen) atoms. The number of carbonyl (C=O) groups is 3. The molecular formula is C18H13NO4. The van der Waals surface area contributed by atoms with E-state index in [4.69, 9.17) is 4.74 Å². The van der Waals surface area contributed by atoms with Gasteiger partial charge in [-0.25, -0.2) is 4.79 Å². The Morgan fingerprint density at radius 2 is 1.39 bits per heavy atom. The summed E-state index contributed by atoms with van der Waals surface area (Å²) < 4.78 is 5.38. The summed E-state index contributed by atoms with van der Waals surface area (Å²) >= 11 is 0. The Labute approximate surface area is 132 Å². The van der Waals surface area contributed by atoms with Gasteiger partial charge in [-0.15, -0.1) is 0 Å². The second-order valence-electron chi connectivity index (χ2n) is 5.61. The molecule has 4 rings (SSSR count). The molecule has 0 unspecified atom stereocenters. The van der Waals surface area contributed by atoms with Crippen molar-refractivity contribution in [1.29, 1.82) is 0 Å². The smallest absolute Gasteiger partial charge is 0.330 e. The normalized spacial score (nSPS) is 23.1. The Balaban J connectivity index is 1.64. The largest absolute Gasteiger partial charge is 0.456 e. The lowest BCUT2D eigenvalue weighted by molar-refractivity contribution is -0.144. The van der Waals surface area contributed by atoms with Gasteiger partial charge in [-0.2, -0.15) is 0 Å². The molecule has 2 heterocycles. The van der Waals surface area contributed by atoms with Crippen molar-refractivity contribution in [3.05, 3.63) is 71.3 Å². The highest BCUT2D eigenvalue weighted by Crippen LogP contribution is 2.35. The average Bonchev–Trinajstić information content (AvgIpc) is 3.08. The first-order chi connectivity index (χ1) is 11.2. The number of benzene rings is 2. The van der Waals surface area contributed by atoms with Crippen molar-refractivity contribution < 1.29 is 19.1 Å². The van der Waals surface area contributed by atoms with Crippen LogP contribution in [0.2, 0.25) is 0 Å². The minimum Gasteiger partial charge on any atom is -0.456 e. The summed E-state index contributed by atoms with van der Waals surface area (Å²) in [7, 11) is 0. The first kappa shape index (κ1) is 13.7. The van der Waals surface area contributed by atoms with Crippen LogP contribution in [-0.2, 0) is 9.53 Å². The van der Waals surface area contributed by atoms with Gasteiger partial charge in [-0.1, -0.05) is 42.5 Å². The lowest BCUT2D eigenvalue weighted by atomic mass is 10.0. The Morgan fingerprint density at radius 1 is 0.826 bits per heavy atom. The minimum absolute atomic E-state index is 0.286. The van der Waals surface area contributed by atoms with E-state index in [0.717, 1.165) is 10.5 Å². The highest BCUT2D eigenvalue weighted by atomic mass is 16.6. The van der Waals surface area contributed by atoms with E-state index < -0.39 is 29.9 Å². The molecule has 1 fully saturated rings. The molecule has 2 aromatic rings. The molecule has 0 aromatic heterocycles. The summed E-state index contributed by atoms with van der Waals surface area (Å²) in [6.45, 7) is 0. The van der Waals surface area contributed by atoms with Crippen LogP contribution in [0, 0.1) is 0 Å². The van der Waals surface area contributed by atoms with Crippen molar-refractivity contribution in [2.45, 2.75) is 18.6 Å². The lowest BCUT2D eigenvalue weighted by Gasteiger charge is -2.18. The van der Waals surface area contributed by atoms with Crippen molar-refractivity contribution in [3.63, 3.8) is 0 Å². The molecule has 0 radical (unpaired) electrons. The molecular weight excluding hydrogens is 294 g/mol. The van der Waals surface area contributed by atoms with Crippen LogP contribution < -0.4 is 0 Å². The summed E-state index contributed by atoms with van der Waals surface area (Å²) in [4.78, 5) is 38.2. The van der Waals surface area contributed by atoms with Crippen LogP contribution in [0.15, 0.2) is 54.6 Å². The highest BCUT2D eigenvalue weighted by molar-refractivity contribution is 6.22. The standard InChI is InChI=1S/C18H13NO4/c20-16-12-8-4-5-9-13(12)17(21)19(16)14-10-15(23-18(14)22)11-6-2-1-3-7-11/h1-9,14-15H,10H2/t14-,15-/m0/s1. The molecule has 114 valence electrons. The van der Waals surface area contributed by atoms with E-state index in [1.165, 1.54) is 0 Å². The minimum atomic E-state index is -0.868. The molecule has 2 aliphatic rings. The van der Waals surface area contributed by atoms with Gasteiger partial charge in [0.25, 0.3) is 11.8 Å². The van der Waals surface area contributed by atoms with Gasteiger partial charge in [0, 0.05) is 6.42 Å². The summed E-state index contributed by atoms with van der Waals surface area (Å²) in [6, 6.07) is 15.1. The SMILES string of the molecule is O=C1O[C@H](c2ccccc2)C[C@@H]1N1C(=O)c2ccccc2C1=O. The molecule has 2 atom stereocenters. The van der Waals surface area contributed by atoms with Crippen LogP contribution in [-0.4, -0.2) is 28.7 Å². The molecule has 2 aromatic carbocycles. The van der Waals surface area contributed by atoms with Crippen molar-refractivity contribution in [1.82, 2.24) is 4.90 Å². The van der Waals surface area contributed by atoms with Crippen LogP contribution in [0.4, 0.5) is 0 Å². The summed E-state index contributed by atoms with van der Waals surface area (Å²) in [5.74, 6) is -1.39. The molecule has 0 bridgehead atoms. The Kier molecular flexibility index (Phi) is 3.01. The van der Waals surface area contributed by atoms with Crippen molar-refractivity contribution >= 4 is 17.8 Å². The number of hydrogen-bond donors (Lipinski definition) is 0. The van der Waals surface area contributed by atoms with Gasteiger partial charge in [0.1, 0.15) is 12.1 Å². The van der Waals surface area contributed by atoms with Gasteiger partial charge in [0.15, 0.2) is 0 Å². The number of carbonyl (C=O) groups excluding carboxylic acids is 3. The number of imide groups is 1. The Hall–Kier alpha value is -2.95. The quantitative estimate of drug-likeness (QED) is 0.631. The predicted molar refractivity (Wildman–Crippen MR) is 80.6 cm³/mol. The number of rotatable bonds is 2. The first-order valence-electron chi connectivity index (χ1n) is 7.39. The van der Waals surface area contributed by atoms with E-state index in [9.17, 15) is 14.4 Å². The molecule has 5 heteroatoms. The molecule has 0 aliphatic carbocycles. The second kappa shape index (κ2) is 5.05. The number of cyclic esters (lactones) is 1. The number of esters is 1. The van der Waals surface area contributed by atoms with Crippen LogP contribution in [0.25, 0.3) is 0 Å². The predicted octanol–water partition coefficient (Wildman–Crippen LogP) is 2.34. The monoisotopic (exact) mass is 307 g/mol. The third kappa shape index (κ3) is 2.04. The molecule has 2 aliphatic heterocycles. The van der Waals surface area contributed by atoms with Gasteiger partial charge < -0.3 is 4.74 Å². The van der Waals surface area contributed by atoms with E-state index in [-0.39, 0.29) is 6.42 Å². The molecule has 0 spiro atoms. The fourth-order valence-electron chi connectivity index (χ4n) is 3.14. The van der Waals surface area contributed by atoms with Crippen LogP contribution >= 0.6 is 0 Å². The molecule has 5 nitrogen and oxygen atoms in total. The van der Waals surface area contributed by atoms with E-state index in [1.54, 1.807) is 24.3 Å². The van der Waals surface area contributed by atoms with Crippen molar-refractivity contribution in [2.24, 2.45) is 0 Å².